The smallest absolute Gasteiger partial charge is 0.354 e. The minimum Gasteiger partial charge on any atom is -0.496 e. The highest BCUT2D eigenvalue weighted by Gasteiger charge is 2.16. The minimum atomic E-state index is -0.666. The molecule has 0 bridgehead atoms. The summed E-state index contributed by atoms with van der Waals surface area (Å²) >= 11 is 0. The van der Waals surface area contributed by atoms with Crippen LogP contribution in [0.2, 0.25) is 0 Å². The molecule has 0 saturated carbocycles. The van der Waals surface area contributed by atoms with Crippen molar-refractivity contribution >= 4 is 18.0 Å². The topological polar surface area (TPSA) is 77.5 Å². The van der Waals surface area contributed by atoms with Gasteiger partial charge in [-0.15, -0.1) is 0 Å². The summed E-state index contributed by atoms with van der Waals surface area (Å²) in [6.07, 6.45) is 2.99. The van der Waals surface area contributed by atoms with E-state index in [1.807, 2.05) is 0 Å². The number of hydrogen-bond donors (Lipinski definition) is 1. The summed E-state index contributed by atoms with van der Waals surface area (Å²) in [6.45, 7) is 0. The van der Waals surface area contributed by atoms with E-state index in [1.165, 1.54) is 26.5 Å². The number of methoxy groups -OCH3 is 2. The molecule has 0 fully saturated rings. The Labute approximate surface area is 133 Å². The zero-order valence-electron chi connectivity index (χ0n) is 12.8. The summed E-state index contributed by atoms with van der Waals surface area (Å²) in [4.78, 5) is 28.0. The van der Waals surface area contributed by atoms with Crippen LogP contribution in [0.1, 0.15) is 16.1 Å². The third kappa shape index (κ3) is 4.16. The average molecular weight is 312 g/mol. The van der Waals surface area contributed by atoms with E-state index in [9.17, 15) is 9.59 Å². The summed E-state index contributed by atoms with van der Waals surface area (Å²) in [6, 6.07) is 12.0. The first-order valence-electron chi connectivity index (χ1n) is 6.81. The van der Waals surface area contributed by atoms with Crippen molar-refractivity contribution in [3.8, 4) is 5.75 Å². The average Bonchev–Trinajstić information content (AvgIpc) is 2.61. The molecule has 1 aromatic heterocycles. The van der Waals surface area contributed by atoms with Crippen molar-refractivity contribution in [1.82, 2.24) is 10.3 Å². The number of ether oxygens (including phenoxy) is 2. The van der Waals surface area contributed by atoms with Crippen LogP contribution in [0, 0.1) is 0 Å². The fraction of sp³-hybridized carbons (Fsp3) is 0.118. The van der Waals surface area contributed by atoms with E-state index in [2.05, 4.69) is 10.3 Å². The fourth-order valence-electron chi connectivity index (χ4n) is 1.88. The first kappa shape index (κ1) is 16.2. The van der Waals surface area contributed by atoms with Crippen molar-refractivity contribution in [3.63, 3.8) is 0 Å². The van der Waals surface area contributed by atoms with E-state index in [0.29, 0.717) is 11.3 Å². The Morgan fingerprint density at radius 3 is 2.48 bits per heavy atom. The van der Waals surface area contributed by atoms with E-state index in [1.54, 1.807) is 42.5 Å². The molecule has 0 radical (unpaired) electrons. The standard InChI is InChI=1S/C17H16N2O4/c1-22-15-9-4-3-7-12(15)11-14(17(21)23-2)19-16(20)13-8-5-6-10-18-13/h3-11H,1-2H3,(H,19,20). The van der Waals surface area contributed by atoms with Crippen molar-refractivity contribution in [1.29, 1.82) is 0 Å². The molecule has 0 spiro atoms. The van der Waals surface area contributed by atoms with Crippen LogP contribution in [0.5, 0.6) is 5.75 Å². The Balaban J connectivity index is 2.32. The summed E-state index contributed by atoms with van der Waals surface area (Å²) in [7, 11) is 2.77. The second-order valence-electron chi connectivity index (χ2n) is 4.46. The maximum Gasteiger partial charge on any atom is 0.354 e. The maximum atomic E-state index is 12.2. The number of carbonyl (C=O) groups is 2. The zero-order chi connectivity index (χ0) is 16.7. The highest BCUT2D eigenvalue weighted by Crippen LogP contribution is 2.20. The van der Waals surface area contributed by atoms with Gasteiger partial charge in [0.1, 0.15) is 17.1 Å². The number of carbonyl (C=O) groups excluding carboxylic acids is 2. The number of hydrogen-bond acceptors (Lipinski definition) is 5. The normalized spacial score (nSPS) is 10.8. The van der Waals surface area contributed by atoms with E-state index < -0.39 is 11.9 Å². The molecule has 2 aromatic rings. The molecule has 2 rings (SSSR count). The largest absolute Gasteiger partial charge is 0.496 e. The SMILES string of the molecule is COC(=O)C(=Cc1ccccc1OC)NC(=O)c1ccccn1. The number of benzene rings is 1. The van der Waals surface area contributed by atoms with E-state index in [0.717, 1.165) is 0 Å². The van der Waals surface area contributed by atoms with Crippen LogP contribution in [0.4, 0.5) is 0 Å². The Kier molecular flexibility index (Phi) is 5.46. The lowest BCUT2D eigenvalue weighted by molar-refractivity contribution is -0.136. The molecule has 0 aliphatic rings. The lowest BCUT2D eigenvalue weighted by Crippen LogP contribution is -2.28. The van der Waals surface area contributed by atoms with Gasteiger partial charge >= 0.3 is 5.97 Å². The fourth-order valence-corrected chi connectivity index (χ4v) is 1.88. The van der Waals surface area contributed by atoms with Crippen molar-refractivity contribution in [3.05, 3.63) is 65.6 Å². The van der Waals surface area contributed by atoms with Crippen molar-refractivity contribution in [2.75, 3.05) is 14.2 Å². The maximum absolute atomic E-state index is 12.2. The molecule has 0 atom stereocenters. The molecule has 23 heavy (non-hydrogen) atoms. The van der Waals surface area contributed by atoms with Crippen LogP contribution < -0.4 is 10.1 Å². The molecule has 118 valence electrons. The first-order valence-corrected chi connectivity index (χ1v) is 6.81. The van der Waals surface area contributed by atoms with E-state index in [-0.39, 0.29) is 11.4 Å². The monoisotopic (exact) mass is 312 g/mol. The molecular weight excluding hydrogens is 296 g/mol. The van der Waals surface area contributed by atoms with E-state index in [4.69, 9.17) is 9.47 Å². The van der Waals surface area contributed by atoms with Gasteiger partial charge in [0.05, 0.1) is 14.2 Å². The molecule has 1 heterocycles. The molecule has 1 N–H and O–H groups in total. The minimum absolute atomic E-state index is 0.00680. The molecule has 1 aromatic carbocycles. The van der Waals surface area contributed by atoms with Crippen molar-refractivity contribution < 1.29 is 19.1 Å². The van der Waals surface area contributed by atoms with Gasteiger partial charge < -0.3 is 14.8 Å². The van der Waals surface area contributed by atoms with E-state index >= 15 is 0 Å². The third-order valence-corrected chi connectivity index (χ3v) is 2.99. The van der Waals surface area contributed by atoms with Crippen molar-refractivity contribution in [2.45, 2.75) is 0 Å². The van der Waals surface area contributed by atoms with Gasteiger partial charge in [0.25, 0.3) is 5.91 Å². The van der Waals surface area contributed by atoms with Gasteiger partial charge in [-0.05, 0) is 24.3 Å². The van der Waals surface area contributed by atoms with Gasteiger partial charge in [-0.3, -0.25) is 9.78 Å². The van der Waals surface area contributed by atoms with Crippen LogP contribution in [0.15, 0.2) is 54.4 Å². The predicted molar refractivity (Wildman–Crippen MR) is 84.7 cm³/mol. The molecule has 0 unspecified atom stereocenters. The molecular formula is C17H16N2O4. The number of para-hydroxylation sites is 1. The number of rotatable bonds is 5. The predicted octanol–water partition coefficient (Wildman–Crippen LogP) is 2.03. The molecule has 0 aliphatic carbocycles. The quantitative estimate of drug-likeness (QED) is 0.675. The van der Waals surface area contributed by atoms with Gasteiger partial charge in [-0.1, -0.05) is 24.3 Å². The number of nitrogens with zero attached hydrogens (tertiary/aromatic N) is 1. The number of esters is 1. The molecule has 1 amide bonds. The summed E-state index contributed by atoms with van der Waals surface area (Å²) in [5, 5.41) is 2.51. The number of nitrogens with one attached hydrogen (secondary N) is 1. The van der Waals surface area contributed by atoms with Crippen LogP contribution in [-0.2, 0) is 9.53 Å². The van der Waals surface area contributed by atoms with Crippen LogP contribution in [0.3, 0.4) is 0 Å². The molecule has 6 nitrogen and oxygen atoms in total. The van der Waals surface area contributed by atoms with Gasteiger partial charge in [0.2, 0.25) is 0 Å². The number of amides is 1. The van der Waals surface area contributed by atoms with Crippen LogP contribution in [-0.4, -0.2) is 31.1 Å². The van der Waals surface area contributed by atoms with Crippen molar-refractivity contribution in [2.24, 2.45) is 0 Å². The first-order chi connectivity index (χ1) is 11.2. The third-order valence-electron chi connectivity index (χ3n) is 2.99. The van der Waals surface area contributed by atoms with Crippen LogP contribution >= 0.6 is 0 Å². The Morgan fingerprint density at radius 1 is 1.09 bits per heavy atom. The molecule has 0 aliphatic heterocycles. The zero-order valence-corrected chi connectivity index (χ0v) is 12.8. The summed E-state index contributed by atoms with van der Waals surface area (Å²) in [5.74, 6) is -0.599. The summed E-state index contributed by atoms with van der Waals surface area (Å²) in [5.41, 5.74) is 0.826. The second kappa shape index (κ2) is 7.74. The highest BCUT2D eigenvalue weighted by atomic mass is 16.5. The second-order valence-corrected chi connectivity index (χ2v) is 4.46. The Bertz CT molecular complexity index is 726. The summed E-state index contributed by atoms with van der Waals surface area (Å²) < 4.78 is 9.94. The Morgan fingerprint density at radius 2 is 1.83 bits per heavy atom. The highest BCUT2D eigenvalue weighted by molar-refractivity contribution is 6.02. The molecule has 6 heteroatoms. The number of aromatic nitrogens is 1. The van der Waals surface area contributed by atoms with Gasteiger partial charge in [-0.2, -0.15) is 0 Å². The van der Waals surface area contributed by atoms with Gasteiger partial charge in [0.15, 0.2) is 0 Å². The Hall–Kier alpha value is -3.15. The van der Waals surface area contributed by atoms with Gasteiger partial charge in [0, 0.05) is 11.8 Å². The lowest BCUT2D eigenvalue weighted by atomic mass is 10.1. The van der Waals surface area contributed by atoms with Crippen LogP contribution in [0.25, 0.3) is 6.08 Å². The number of pyridine rings is 1. The van der Waals surface area contributed by atoms with Gasteiger partial charge in [-0.25, -0.2) is 4.79 Å². The molecule has 0 saturated heterocycles. The lowest BCUT2D eigenvalue weighted by Gasteiger charge is -2.09.